The van der Waals surface area contributed by atoms with Gasteiger partial charge in [0.15, 0.2) is 0 Å². The van der Waals surface area contributed by atoms with Gasteiger partial charge in [-0.3, -0.25) is 10.1 Å². The van der Waals surface area contributed by atoms with Gasteiger partial charge in [0.2, 0.25) is 0 Å². The fourth-order valence-corrected chi connectivity index (χ4v) is 1.97. The van der Waals surface area contributed by atoms with E-state index >= 15 is 0 Å². The normalized spacial score (nSPS) is 9.41. The Morgan fingerprint density at radius 2 is 2.12 bits per heavy atom. The molecule has 0 aliphatic carbocycles. The van der Waals surface area contributed by atoms with Crippen LogP contribution < -0.4 is 0 Å². The molecule has 0 unspecified atom stereocenters. The van der Waals surface area contributed by atoms with Crippen LogP contribution in [-0.4, -0.2) is 4.92 Å². The molecule has 0 atom stereocenters. The summed E-state index contributed by atoms with van der Waals surface area (Å²) in [7, 11) is 0. The first-order valence-electron chi connectivity index (χ1n) is 4.82. The molecule has 1 aromatic carbocycles. The SMILES string of the molecule is CCc1c(CC#N)c(Cl)cc(C#N)c1[N+](=O)[O-]. The van der Waals surface area contributed by atoms with Gasteiger partial charge in [0.1, 0.15) is 11.6 Å². The van der Waals surface area contributed by atoms with Gasteiger partial charge in [0.25, 0.3) is 5.69 Å². The van der Waals surface area contributed by atoms with Gasteiger partial charge in [0.05, 0.1) is 17.4 Å². The number of halogens is 1. The molecule has 0 bridgehead atoms. The number of nitro groups is 1. The zero-order valence-corrected chi connectivity index (χ0v) is 9.78. The molecular formula is C11H8ClN3O2. The Balaban J connectivity index is 3.68. The molecule has 6 heteroatoms. The van der Waals surface area contributed by atoms with Gasteiger partial charge in [-0.2, -0.15) is 10.5 Å². The summed E-state index contributed by atoms with van der Waals surface area (Å²) in [6.07, 6.45) is 0.344. The van der Waals surface area contributed by atoms with Gasteiger partial charge < -0.3 is 0 Å². The summed E-state index contributed by atoms with van der Waals surface area (Å²) in [5.74, 6) is 0. The van der Waals surface area contributed by atoms with Gasteiger partial charge >= 0.3 is 0 Å². The molecule has 0 aromatic heterocycles. The maximum atomic E-state index is 11.0. The Kier molecular flexibility index (Phi) is 4.03. The summed E-state index contributed by atoms with van der Waals surface area (Å²) in [5.41, 5.74) is 0.478. The van der Waals surface area contributed by atoms with Gasteiger partial charge in [-0.1, -0.05) is 18.5 Å². The van der Waals surface area contributed by atoms with E-state index in [-0.39, 0.29) is 22.7 Å². The summed E-state index contributed by atoms with van der Waals surface area (Å²) >= 11 is 5.92. The minimum absolute atomic E-state index is 0.00540. The Morgan fingerprint density at radius 3 is 2.53 bits per heavy atom. The minimum Gasteiger partial charge on any atom is -0.258 e. The third-order valence-corrected chi connectivity index (χ3v) is 2.71. The van der Waals surface area contributed by atoms with Crippen molar-refractivity contribution >= 4 is 17.3 Å². The van der Waals surface area contributed by atoms with Crippen molar-refractivity contribution in [1.82, 2.24) is 0 Å². The molecule has 0 saturated carbocycles. The number of nitrogens with zero attached hydrogens (tertiary/aromatic N) is 3. The predicted molar refractivity (Wildman–Crippen MR) is 61.5 cm³/mol. The molecule has 5 nitrogen and oxygen atoms in total. The maximum Gasteiger partial charge on any atom is 0.290 e. The highest BCUT2D eigenvalue weighted by Gasteiger charge is 2.24. The summed E-state index contributed by atoms with van der Waals surface area (Å²) in [4.78, 5) is 10.4. The molecule has 0 aliphatic rings. The van der Waals surface area contributed by atoms with E-state index in [9.17, 15) is 10.1 Å². The van der Waals surface area contributed by atoms with E-state index in [2.05, 4.69) is 0 Å². The fraction of sp³-hybridized carbons (Fsp3) is 0.273. The molecule has 0 saturated heterocycles. The molecule has 86 valence electrons. The lowest BCUT2D eigenvalue weighted by atomic mass is 9.97. The van der Waals surface area contributed by atoms with E-state index in [1.54, 1.807) is 13.0 Å². The summed E-state index contributed by atoms with van der Waals surface area (Å²) < 4.78 is 0. The zero-order chi connectivity index (χ0) is 13.0. The highest BCUT2D eigenvalue weighted by molar-refractivity contribution is 6.31. The van der Waals surface area contributed by atoms with E-state index < -0.39 is 4.92 Å². The quantitative estimate of drug-likeness (QED) is 0.608. The van der Waals surface area contributed by atoms with E-state index in [1.807, 2.05) is 6.07 Å². The average Bonchev–Trinajstić information content (AvgIpc) is 2.30. The van der Waals surface area contributed by atoms with Crippen molar-refractivity contribution in [2.75, 3.05) is 0 Å². The average molecular weight is 250 g/mol. The smallest absolute Gasteiger partial charge is 0.258 e. The zero-order valence-electron chi connectivity index (χ0n) is 9.03. The molecule has 1 aromatic rings. The predicted octanol–water partition coefficient (Wildman–Crippen LogP) is 2.75. The van der Waals surface area contributed by atoms with Crippen molar-refractivity contribution in [3.63, 3.8) is 0 Å². The first-order chi connectivity index (χ1) is 8.06. The minimum atomic E-state index is -0.603. The lowest BCUT2D eigenvalue weighted by Gasteiger charge is -2.09. The fourth-order valence-electron chi connectivity index (χ4n) is 1.68. The van der Waals surface area contributed by atoms with E-state index in [0.717, 1.165) is 0 Å². The van der Waals surface area contributed by atoms with E-state index in [1.165, 1.54) is 6.07 Å². The number of hydrogen-bond donors (Lipinski definition) is 0. The van der Waals surface area contributed by atoms with Crippen molar-refractivity contribution in [1.29, 1.82) is 10.5 Å². The molecule has 0 aliphatic heterocycles. The summed E-state index contributed by atoms with van der Waals surface area (Å²) in [6.45, 7) is 1.72. The third kappa shape index (κ3) is 2.35. The molecule has 0 fully saturated rings. The van der Waals surface area contributed by atoms with E-state index in [4.69, 9.17) is 22.1 Å². The van der Waals surface area contributed by atoms with Crippen LogP contribution in [0.2, 0.25) is 5.02 Å². The molecule has 1 rings (SSSR count). The van der Waals surface area contributed by atoms with Gasteiger partial charge in [-0.25, -0.2) is 0 Å². The summed E-state index contributed by atoms with van der Waals surface area (Å²) in [5, 5.41) is 28.7. The third-order valence-electron chi connectivity index (χ3n) is 2.38. The van der Waals surface area contributed by atoms with Gasteiger partial charge in [0, 0.05) is 10.6 Å². The topological polar surface area (TPSA) is 90.7 Å². The first-order valence-corrected chi connectivity index (χ1v) is 5.20. The van der Waals surface area contributed by atoms with Crippen LogP contribution in [-0.2, 0) is 12.8 Å². The van der Waals surface area contributed by atoms with Crippen molar-refractivity contribution in [2.45, 2.75) is 19.8 Å². The monoisotopic (exact) mass is 249 g/mol. The Morgan fingerprint density at radius 1 is 1.47 bits per heavy atom. The first kappa shape index (κ1) is 13.0. The molecule has 0 radical (unpaired) electrons. The summed E-state index contributed by atoms with van der Waals surface area (Å²) in [6, 6.07) is 4.91. The van der Waals surface area contributed by atoms with Gasteiger partial charge in [-0.05, 0) is 18.1 Å². The number of rotatable bonds is 3. The number of benzene rings is 1. The number of nitriles is 2. The van der Waals surface area contributed by atoms with Crippen LogP contribution in [0.25, 0.3) is 0 Å². The van der Waals surface area contributed by atoms with Crippen LogP contribution in [0.4, 0.5) is 5.69 Å². The van der Waals surface area contributed by atoms with Crippen molar-refractivity contribution < 1.29 is 4.92 Å². The molecule has 0 heterocycles. The van der Waals surface area contributed by atoms with Crippen LogP contribution in [0.5, 0.6) is 0 Å². The van der Waals surface area contributed by atoms with Crippen molar-refractivity contribution in [2.24, 2.45) is 0 Å². The second-order valence-corrected chi connectivity index (χ2v) is 3.68. The highest BCUT2D eigenvalue weighted by Crippen LogP contribution is 2.33. The van der Waals surface area contributed by atoms with Crippen molar-refractivity contribution in [3.8, 4) is 12.1 Å². The second-order valence-electron chi connectivity index (χ2n) is 3.27. The van der Waals surface area contributed by atoms with Crippen LogP contribution in [0, 0.1) is 32.8 Å². The van der Waals surface area contributed by atoms with Crippen LogP contribution in [0.3, 0.4) is 0 Å². The van der Waals surface area contributed by atoms with Crippen LogP contribution in [0.1, 0.15) is 23.6 Å². The highest BCUT2D eigenvalue weighted by atomic mass is 35.5. The van der Waals surface area contributed by atoms with Crippen LogP contribution in [0.15, 0.2) is 6.07 Å². The standard InChI is InChI=1S/C11H8ClN3O2/c1-2-8-9(3-4-13)10(12)5-7(6-14)11(8)15(16)17/h5H,2-3H2,1H3. The second kappa shape index (κ2) is 5.29. The molecule has 0 spiro atoms. The lowest BCUT2D eigenvalue weighted by molar-refractivity contribution is -0.385. The van der Waals surface area contributed by atoms with Crippen molar-refractivity contribution in [3.05, 3.63) is 37.9 Å². The Hall–Kier alpha value is -2.11. The largest absolute Gasteiger partial charge is 0.290 e. The Labute approximate surface area is 103 Å². The van der Waals surface area contributed by atoms with Crippen LogP contribution >= 0.6 is 11.6 Å². The maximum absolute atomic E-state index is 11.0. The number of hydrogen-bond acceptors (Lipinski definition) is 4. The molecular weight excluding hydrogens is 242 g/mol. The molecule has 0 amide bonds. The Bertz CT molecular complexity index is 555. The molecule has 17 heavy (non-hydrogen) atoms. The number of nitro benzene ring substituents is 1. The van der Waals surface area contributed by atoms with E-state index in [0.29, 0.717) is 17.5 Å². The molecule has 0 N–H and O–H groups in total. The lowest BCUT2D eigenvalue weighted by Crippen LogP contribution is -2.03. The van der Waals surface area contributed by atoms with Gasteiger partial charge in [-0.15, -0.1) is 0 Å².